The molecule has 1 aliphatic rings. The number of hydrogen-bond donors (Lipinski definition) is 2. The summed E-state index contributed by atoms with van der Waals surface area (Å²) < 4.78 is 27.8. The Bertz CT molecular complexity index is 943. The number of rotatable bonds is 7. The lowest BCUT2D eigenvalue weighted by Crippen LogP contribution is -3.06. The molecule has 1 saturated heterocycles. The number of nitrogens with zero attached hydrogens (tertiary/aromatic N) is 1. The first kappa shape index (κ1) is 20.8. The molecule has 152 valence electrons. The fraction of sp³-hybridized carbons (Fsp3) is 0.476. The Labute approximate surface area is 167 Å². The fourth-order valence-corrected chi connectivity index (χ4v) is 5.61. The van der Waals surface area contributed by atoms with Crippen molar-refractivity contribution < 1.29 is 18.1 Å². The van der Waals surface area contributed by atoms with Gasteiger partial charge in [-0.15, -0.1) is 0 Å². The lowest BCUT2D eigenvalue weighted by molar-refractivity contribution is -0.861. The Morgan fingerprint density at radius 2 is 1.93 bits per heavy atom. The van der Waals surface area contributed by atoms with Crippen LogP contribution in [0, 0.1) is 5.92 Å². The van der Waals surface area contributed by atoms with Crippen LogP contribution in [0.1, 0.15) is 19.8 Å². The van der Waals surface area contributed by atoms with E-state index >= 15 is 0 Å². The van der Waals surface area contributed by atoms with Gasteiger partial charge in [0.1, 0.15) is 6.04 Å². The van der Waals surface area contributed by atoms with E-state index in [1.165, 1.54) is 9.21 Å². The van der Waals surface area contributed by atoms with Gasteiger partial charge >= 0.3 is 0 Å². The normalized spacial score (nSPS) is 19.2. The molecule has 3 rings (SSSR count). The summed E-state index contributed by atoms with van der Waals surface area (Å²) in [5.41, 5.74) is 0. The summed E-state index contributed by atoms with van der Waals surface area (Å²) in [5.74, 6) is 0.142. The standard InChI is InChI=1S/C21H29N3O3S/c1-16(15-23(2)3)14-22-21(25)20-9-6-12-24(20)28(26,27)19-11-10-17-7-4-5-8-18(17)13-19/h4-5,7-8,10-11,13,16,20H,6,9,12,14-15H2,1-3H3,(H,22,25)/p+1/t16-,20-/m1/s1. The van der Waals surface area contributed by atoms with Gasteiger partial charge in [-0.1, -0.05) is 37.3 Å². The highest BCUT2D eigenvalue weighted by atomic mass is 32.2. The van der Waals surface area contributed by atoms with E-state index in [0.29, 0.717) is 31.8 Å². The smallest absolute Gasteiger partial charge is 0.243 e. The number of amides is 1. The third-order valence-corrected chi connectivity index (χ3v) is 7.12. The number of quaternary nitrogens is 1. The topological polar surface area (TPSA) is 70.9 Å². The summed E-state index contributed by atoms with van der Waals surface area (Å²) in [7, 11) is 0.440. The fourth-order valence-electron chi connectivity index (χ4n) is 3.91. The summed E-state index contributed by atoms with van der Waals surface area (Å²) in [6.07, 6.45) is 1.26. The van der Waals surface area contributed by atoms with Crippen LogP contribution >= 0.6 is 0 Å². The minimum absolute atomic E-state index is 0.192. The van der Waals surface area contributed by atoms with Crippen LogP contribution in [0.4, 0.5) is 0 Å². The van der Waals surface area contributed by atoms with E-state index in [0.717, 1.165) is 17.3 Å². The van der Waals surface area contributed by atoms with Crippen molar-refractivity contribution in [3.63, 3.8) is 0 Å². The van der Waals surface area contributed by atoms with Gasteiger partial charge in [0.05, 0.1) is 25.5 Å². The largest absolute Gasteiger partial charge is 0.354 e. The molecule has 0 aliphatic carbocycles. The average molecular weight is 405 g/mol. The maximum absolute atomic E-state index is 13.2. The van der Waals surface area contributed by atoms with E-state index in [2.05, 4.69) is 26.3 Å². The number of carbonyl (C=O) groups excluding carboxylic acids is 1. The average Bonchev–Trinajstić information content (AvgIpc) is 3.16. The van der Waals surface area contributed by atoms with E-state index < -0.39 is 16.1 Å². The Kier molecular flexibility index (Phi) is 6.37. The van der Waals surface area contributed by atoms with Crippen molar-refractivity contribution >= 4 is 26.7 Å². The van der Waals surface area contributed by atoms with Gasteiger partial charge in [0.2, 0.25) is 15.9 Å². The van der Waals surface area contributed by atoms with Crippen molar-refractivity contribution in [3.8, 4) is 0 Å². The molecule has 1 aliphatic heterocycles. The number of sulfonamides is 1. The molecule has 0 saturated carbocycles. The van der Waals surface area contributed by atoms with Gasteiger partial charge < -0.3 is 10.2 Å². The van der Waals surface area contributed by atoms with Crippen LogP contribution in [-0.2, 0) is 14.8 Å². The summed E-state index contributed by atoms with van der Waals surface area (Å²) in [5, 5.41) is 4.83. The predicted octanol–water partition coefficient (Wildman–Crippen LogP) is 0.890. The summed E-state index contributed by atoms with van der Waals surface area (Å²) in [4.78, 5) is 14.3. The van der Waals surface area contributed by atoms with Crippen LogP contribution in [0.3, 0.4) is 0 Å². The molecule has 6 nitrogen and oxygen atoms in total. The van der Waals surface area contributed by atoms with Crippen molar-refractivity contribution in [1.29, 1.82) is 0 Å². The van der Waals surface area contributed by atoms with Gasteiger partial charge in [0.25, 0.3) is 0 Å². The molecule has 0 bridgehead atoms. The molecule has 7 heteroatoms. The monoisotopic (exact) mass is 404 g/mol. The second-order valence-electron chi connectivity index (χ2n) is 8.04. The SMILES string of the molecule is C[C@H](CNC(=O)[C@H]1CCCN1S(=O)(=O)c1ccc2ccccc2c1)C[NH+](C)C. The van der Waals surface area contributed by atoms with Crippen LogP contribution in [0.15, 0.2) is 47.4 Å². The van der Waals surface area contributed by atoms with Crippen LogP contribution in [0.25, 0.3) is 10.8 Å². The van der Waals surface area contributed by atoms with Crippen molar-refractivity contribution in [1.82, 2.24) is 9.62 Å². The van der Waals surface area contributed by atoms with Crippen LogP contribution < -0.4 is 10.2 Å². The third kappa shape index (κ3) is 4.54. The Morgan fingerprint density at radius 3 is 2.64 bits per heavy atom. The summed E-state index contributed by atoms with van der Waals surface area (Å²) in [6, 6.07) is 12.2. The zero-order chi connectivity index (χ0) is 20.3. The molecule has 0 spiro atoms. The van der Waals surface area contributed by atoms with Crippen LogP contribution in [0.2, 0.25) is 0 Å². The molecule has 0 aromatic heterocycles. The first-order valence-electron chi connectivity index (χ1n) is 9.86. The minimum atomic E-state index is -3.71. The van der Waals surface area contributed by atoms with Gasteiger partial charge in [-0.05, 0) is 35.7 Å². The first-order chi connectivity index (χ1) is 13.3. The highest BCUT2D eigenvalue weighted by Crippen LogP contribution is 2.28. The van der Waals surface area contributed by atoms with E-state index in [1.54, 1.807) is 12.1 Å². The molecule has 1 amide bonds. The van der Waals surface area contributed by atoms with Crippen LogP contribution in [0.5, 0.6) is 0 Å². The zero-order valence-electron chi connectivity index (χ0n) is 16.8. The van der Waals surface area contributed by atoms with E-state index in [4.69, 9.17) is 0 Å². The molecule has 1 fully saturated rings. The molecular formula is C21H30N3O3S+. The van der Waals surface area contributed by atoms with Gasteiger partial charge in [-0.25, -0.2) is 8.42 Å². The third-order valence-electron chi connectivity index (χ3n) is 5.22. The minimum Gasteiger partial charge on any atom is -0.354 e. The number of fused-ring (bicyclic) bond motifs is 1. The maximum atomic E-state index is 13.2. The molecule has 2 atom stereocenters. The zero-order valence-corrected chi connectivity index (χ0v) is 17.6. The van der Waals surface area contributed by atoms with E-state index in [9.17, 15) is 13.2 Å². The van der Waals surface area contributed by atoms with Gasteiger partial charge in [0, 0.05) is 19.0 Å². The summed E-state index contributed by atoms with van der Waals surface area (Å²) in [6.45, 7) is 3.98. The first-order valence-corrected chi connectivity index (χ1v) is 11.3. The van der Waals surface area contributed by atoms with Crippen molar-refractivity contribution in [2.24, 2.45) is 5.92 Å². The van der Waals surface area contributed by atoms with Crippen molar-refractivity contribution in [3.05, 3.63) is 42.5 Å². The number of hydrogen-bond acceptors (Lipinski definition) is 3. The molecule has 2 aromatic carbocycles. The van der Waals surface area contributed by atoms with Gasteiger partial charge in [-0.2, -0.15) is 4.31 Å². The second-order valence-corrected chi connectivity index (χ2v) is 9.93. The lowest BCUT2D eigenvalue weighted by atomic mass is 10.1. The van der Waals surface area contributed by atoms with E-state index in [1.807, 2.05) is 30.3 Å². The van der Waals surface area contributed by atoms with E-state index in [-0.39, 0.29) is 10.8 Å². The molecule has 2 aromatic rings. The number of carbonyl (C=O) groups is 1. The Hall–Kier alpha value is -1.96. The van der Waals surface area contributed by atoms with Crippen LogP contribution in [-0.4, -0.2) is 58.4 Å². The number of nitrogens with one attached hydrogen (secondary N) is 2. The predicted molar refractivity (Wildman–Crippen MR) is 111 cm³/mol. The molecule has 2 N–H and O–H groups in total. The summed E-state index contributed by atoms with van der Waals surface area (Å²) >= 11 is 0. The Morgan fingerprint density at radius 1 is 1.21 bits per heavy atom. The maximum Gasteiger partial charge on any atom is 0.243 e. The van der Waals surface area contributed by atoms with Crippen molar-refractivity contribution in [2.75, 3.05) is 33.7 Å². The molecular weight excluding hydrogens is 374 g/mol. The highest BCUT2D eigenvalue weighted by Gasteiger charge is 2.39. The molecule has 0 radical (unpaired) electrons. The number of benzene rings is 2. The second kappa shape index (κ2) is 8.59. The van der Waals surface area contributed by atoms with Gasteiger partial charge in [0.15, 0.2) is 0 Å². The quantitative estimate of drug-likeness (QED) is 0.720. The lowest BCUT2D eigenvalue weighted by Gasteiger charge is -2.24. The molecule has 1 heterocycles. The Balaban J connectivity index is 1.75. The highest BCUT2D eigenvalue weighted by molar-refractivity contribution is 7.89. The molecule has 28 heavy (non-hydrogen) atoms. The van der Waals surface area contributed by atoms with Crippen molar-refractivity contribution in [2.45, 2.75) is 30.7 Å². The van der Waals surface area contributed by atoms with Gasteiger partial charge in [-0.3, -0.25) is 4.79 Å². The molecule has 0 unspecified atom stereocenters.